The normalized spacial score (nSPS) is 10.4. The number of hydrogen-bond donors (Lipinski definition) is 1. The van der Waals surface area contributed by atoms with E-state index in [-0.39, 0.29) is 0 Å². The molecule has 2 aromatic carbocycles. The molecule has 0 spiro atoms. The largest absolute Gasteiger partial charge is 0.313 e. The van der Waals surface area contributed by atoms with Gasteiger partial charge in [0, 0.05) is 15.6 Å². The zero-order valence-electron chi connectivity index (χ0n) is 13.1. The van der Waals surface area contributed by atoms with E-state index in [1.165, 1.54) is 11.3 Å². The molecule has 0 aliphatic heterocycles. The number of aryl methyl sites for hydroxylation is 1. The van der Waals surface area contributed by atoms with Gasteiger partial charge in [-0.2, -0.15) is 0 Å². The third-order valence-corrected chi connectivity index (χ3v) is 4.74. The van der Waals surface area contributed by atoms with E-state index in [4.69, 9.17) is 11.6 Å². The third-order valence-electron chi connectivity index (χ3n) is 3.52. The van der Waals surface area contributed by atoms with Crippen LogP contribution in [-0.2, 0) is 11.3 Å². The van der Waals surface area contributed by atoms with Gasteiger partial charge in [-0.25, -0.2) is 4.98 Å². The summed E-state index contributed by atoms with van der Waals surface area (Å²) >= 11 is 7.70. The van der Waals surface area contributed by atoms with Crippen LogP contribution in [0.3, 0.4) is 0 Å². The lowest BCUT2D eigenvalue weighted by molar-refractivity contribution is -0.105. The minimum atomic E-state index is 0.588. The maximum Gasteiger partial charge on any atom is 0.212 e. The predicted molar refractivity (Wildman–Crippen MR) is 100 cm³/mol. The van der Waals surface area contributed by atoms with E-state index in [1.54, 1.807) is 0 Å². The summed E-state index contributed by atoms with van der Waals surface area (Å²) in [7, 11) is 0. The first-order valence-electron chi connectivity index (χ1n) is 7.42. The van der Waals surface area contributed by atoms with Crippen molar-refractivity contribution in [3.8, 4) is 0 Å². The first-order chi connectivity index (χ1) is 11.7. The highest BCUT2D eigenvalue weighted by atomic mass is 35.5. The lowest BCUT2D eigenvalue weighted by atomic mass is 10.2. The van der Waals surface area contributed by atoms with Gasteiger partial charge in [0.2, 0.25) is 6.41 Å². The molecule has 0 atom stereocenters. The number of halogens is 1. The summed E-state index contributed by atoms with van der Waals surface area (Å²) in [5.41, 5.74) is 2.12. The molecule has 0 aliphatic rings. The number of carbonyl (C=O) groups excluding carboxylic acids is 1. The highest BCUT2D eigenvalue weighted by molar-refractivity contribution is 7.16. The van der Waals surface area contributed by atoms with Crippen LogP contribution in [0, 0.1) is 6.92 Å². The fourth-order valence-corrected chi connectivity index (χ4v) is 3.44. The third kappa shape index (κ3) is 3.75. The van der Waals surface area contributed by atoms with Crippen LogP contribution in [-0.4, -0.2) is 11.4 Å². The molecule has 0 saturated carbocycles. The molecule has 0 bridgehead atoms. The number of nitrogens with one attached hydrogen (secondary N) is 1. The van der Waals surface area contributed by atoms with Crippen LogP contribution in [0.5, 0.6) is 0 Å². The van der Waals surface area contributed by atoms with Gasteiger partial charge >= 0.3 is 0 Å². The van der Waals surface area contributed by atoms with Crippen LogP contribution in [0.4, 0.5) is 16.6 Å². The van der Waals surface area contributed by atoms with E-state index in [2.05, 4.69) is 27.3 Å². The molecule has 0 radical (unpaired) electrons. The molecular formula is C18H16ClN3OS. The van der Waals surface area contributed by atoms with Crippen LogP contribution in [0.2, 0.25) is 5.02 Å². The molecule has 6 heteroatoms. The van der Waals surface area contributed by atoms with Crippen molar-refractivity contribution < 1.29 is 4.79 Å². The molecule has 0 aliphatic carbocycles. The van der Waals surface area contributed by atoms with E-state index < -0.39 is 0 Å². The quantitative estimate of drug-likeness (QED) is 0.630. The maximum atomic E-state index is 10.7. The Morgan fingerprint density at radius 1 is 1.21 bits per heavy atom. The number of aromatic nitrogens is 1. The number of rotatable bonds is 6. The first kappa shape index (κ1) is 16.5. The van der Waals surface area contributed by atoms with E-state index >= 15 is 0 Å². The van der Waals surface area contributed by atoms with Gasteiger partial charge in [-0.15, -0.1) is 0 Å². The van der Waals surface area contributed by atoms with Crippen molar-refractivity contribution in [1.29, 1.82) is 0 Å². The molecule has 0 unspecified atom stereocenters. The van der Waals surface area contributed by atoms with E-state index in [9.17, 15) is 4.79 Å². The van der Waals surface area contributed by atoms with Crippen LogP contribution in [0.15, 0.2) is 54.6 Å². The van der Waals surface area contributed by atoms with Crippen molar-refractivity contribution in [1.82, 2.24) is 4.98 Å². The van der Waals surface area contributed by atoms with Crippen LogP contribution in [0.25, 0.3) is 0 Å². The lowest BCUT2D eigenvalue weighted by Gasteiger charge is -2.22. The lowest BCUT2D eigenvalue weighted by Crippen LogP contribution is -2.16. The summed E-state index contributed by atoms with van der Waals surface area (Å²) in [6.07, 6.45) is 0.646. The standard InChI is InChI=1S/C18H16ClN3OS/c1-13-17(20-12-23)21-18(24-13)22(11-14-6-3-2-4-7-14)16-9-5-8-15(19)10-16/h2-10,12H,11H2,1H3,(H,20,23). The fraction of sp³-hybridized carbons (Fsp3) is 0.111. The average molecular weight is 358 g/mol. The highest BCUT2D eigenvalue weighted by Gasteiger charge is 2.17. The molecular weight excluding hydrogens is 342 g/mol. The second-order valence-electron chi connectivity index (χ2n) is 5.22. The van der Waals surface area contributed by atoms with Crippen molar-refractivity contribution in [2.45, 2.75) is 13.5 Å². The van der Waals surface area contributed by atoms with E-state index in [0.29, 0.717) is 23.8 Å². The molecule has 122 valence electrons. The Bertz CT molecular complexity index is 835. The molecule has 1 heterocycles. The van der Waals surface area contributed by atoms with Crippen LogP contribution >= 0.6 is 22.9 Å². The summed E-state index contributed by atoms with van der Waals surface area (Å²) in [5.74, 6) is 0.588. The summed E-state index contributed by atoms with van der Waals surface area (Å²) in [6.45, 7) is 2.60. The maximum absolute atomic E-state index is 10.7. The molecule has 1 N–H and O–H groups in total. The number of carbonyl (C=O) groups is 1. The molecule has 3 rings (SSSR count). The van der Waals surface area contributed by atoms with Crippen molar-refractivity contribution in [2.24, 2.45) is 0 Å². The van der Waals surface area contributed by atoms with Gasteiger partial charge in [0.1, 0.15) is 5.82 Å². The number of nitrogens with zero attached hydrogens (tertiary/aromatic N) is 2. The molecule has 24 heavy (non-hydrogen) atoms. The molecule has 3 aromatic rings. The molecule has 1 aromatic heterocycles. The Morgan fingerprint density at radius 2 is 2.00 bits per heavy atom. The van der Waals surface area contributed by atoms with Crippen molar-refractivity contribution in [3.05, 3.63) is 70.1 Å². The minimum absolute atomic E-state index is 0.588. The van der Waals surface area contributed by atoms with Gasteiger partial charge in [0.05, 0.1) is 6.54 Å². The Kier molecular flexibility index (Phi) is 5.13. The molecule has 0 saturated heterocycles. The number of hydrogen-bond acceptors (Lipinski definition) is 4. The highest BCUT2D eigenvalue weighted by Crippen LogP contribution is 2.35. The average Bonchev–Trinajstić information content (AvgIpc) is 2.94. The number of thiazole rings is 1. The number of amides is 1. The van der Waals surface area contributed by atoms with Gasteiger partial charge in [-0.05, 0) is 30.7 Å². The minimum Gasteiger partial charge on any atom is -0.313 e. The molecule has 0 fully saturated rings. The SMILES string of the molecule is Cc1sc(N(Cc2ccccc2)c2cccc(Cl)c2)nc1NC=O. The topological polar surface area (TPSA) is 45.2 Å². The molecule has 1 amide bonds. The second-order valence-corrected chi connectivity index (χ2v) is 6.83. The Morgan fingerprint density at radius 3 is 2.71 bits per heavy atom. The number of anilines is 3. The Balaban J connectivity index is 2.01. The van der Waals surface area contributed by atoms with Crippen molar-refractivity contribution in [2.75, 3.05) is 10.2 Å². The first-order valence-corrected chi connectivity index (χ1v) is 8.61. The predicted octanol–water partition coefficient (Wildman–Crippen LogP) is 5.01. The second kappa shape index (κ2) is 7.47. The van der Waals surface area contributed by atoms with Crippen molar-refractivity contribution >= 4 is 46.0 Å². The summed E-state index contributed by atoms with van der Waals surface area (Å²) < 4.78 is 0. The van der Waals surface area contributed by atoms with Gasteiger partial charge in [0.15, 0.2) is 5.13 Å². The fourth-order valence-electron chi connectivity index (χ4n) is 2.37. The van der Waals surface area contributed by atoms with E-state index in [1.807, 2.05) is 49.4 Å². The van der Waals surface area contributed by atoms with Gasteiger partial charge in [-0.3, -0.25) is 4.79 Å². The Hall–Kier alpha value is -2.37. The smallest absolute Gasteiger partial charge is 0.212 e. The zero-order chi connectivity index (χ0) is 16.9. The monoisotopic (exact) mass is 357 g/mol. The van der Waals surface area contributed by atoms with Gasteiger partial charge in [-0.1, -0.05) is 59.3 Å². The number of benzene rings is 2. The van der Waals surface area contributed by atoms with E-state index in [0.717, 1.165) is 21.3 Å². The van der Waals surface area contributed by atoms with Gasteiger partial charge < -0.3 is 10.2 Å². The molecule has 4 nitrogen and oxygen atoms in total. The zero-order valence-corrected chi connectivity index (χ0v) is 14.6. The van der Waals surface area contributed by atoms with Gasteiger partial charge in [0.25, 0.3) is 0 Å². The van der Waals surface area contributed by atoms with Crippen LogP contribution < -0.4 is 10.2 Å². The van der Waals surface area contributed by atoms with Crippen molar-refractivity contribution in [3.63, 3.8) is 0 Å². The summed E-state index contributed by atoms with van der Waals surface area (Å²) in [5, 5.41) is 4.12. The Labute approximate surface area is 149 Å². The summed E-state index contributed by atoms with van der Waals surface area (Å²) in [6, 6.07) is 17.8. The summed E-state index contributed by atoms with van der Waals surface area (Å²) in [4.78, 5) is 18.3. The van der Waals surface area contributed by atoms with Crippen LogP contribution in [0.1, 0.15) is 10.4 Å².